The van der Waals surface area contributed by atoms with E-state index in [1.54, 1.807) is 13.0 Å². The van der Waals surface area contributed by atoms with Gasteiger partial charge in [0.25, 0.3) is 0 Å². The number of carbonyl (C=O) groups excluding carboxylic acids is 1. The summed E-state index contributed by atoms with van der Waals surface area (Å²) in [6.07, 6.45) is 0.397. The molecule has 0 radical (unpaired) electrons. The molecule has 0 spiro atoms. The Morgan fingerprint density at radius 2 is 2.00 bits per heavy atom. The van der Waals surface area contributed by atoms with Crippen LogP contribution in [0.3, 0.4) is 0 Å². The summed E-state index contributed by atoms with van der Waals surface area (Å²) in [6, 6.07) is 5.75. The highest BCUT2D eigenvalue weighted by Crippen LogP contribution is 2.17. The fraction of sp³-hybridized carbons (Fsp3) is 0.462. The van der Waals surface area contributed by atoms with E-state index in [2.05, 4.69) is 9.46 Å². The van der Waals surface area contributed by atoms with Crippen molar-refractivity contribution in [3.05, 3.63) is 29.8 Å². The van der Waals surface area contributed by atoms with Gasteiger partial charge in [0.2, 0.25) is 10.0 Å². The lowest BCUT2D eigenvalue weighted by Gasteiger charge is -2.21. The fourth-order valence-electron chi connectivity index (χ4n) is 1.43. The number of esters is 1. The van der Waals surface area contributed by atoms with Crippen LogP contribution in [0.25, 0.3) is 0 Å². The van der Waals surface area contributed by atoms with Gasteiger partial charge >= 0.3 is 5.97 Å². The van der Waals surface area contributed by atoms with Gasteiger partial charge in [-0.1, -0.05) is 19.1 Å². The van der Waals surface area contributed by atoms with Gasteiger partial charge < -0.3 is 9.84 Å². The molecule has 2 N–H and O–H groups in total. The van der Waals surface area contributed by atoms with Crippen molar-refractivity contribution in [2.24, 2.45) is 0 Å². The average Bonchev–Trinajstić information content (AvgIpc) is 2.44. The molecule has 0 fully saturated rings. The summed E-state index contributed by atoms with van der Waals surface area (Å²) in [7, 11) is -2.72. The molecule has 1 unspecified atom stereocenters. The molecule has 0 aliphatic carbocycles. The predicted octanol–water partition coefficient (Wildman–Crippen LogP) is 0.912. The second-order valence-corrected chi connectivity index (χ2v) is 6.40. The summed E-state index contributed by atoms with van der Waals surface area (Å²) in [5.74, 6) is -0.728. The van der Waals surface area contributed by atoms with Crippen molar-refractivity contribution in [2.75, 3.05) is 13.7 Å². The summed E-state index contributed by atoms with van der Waals surface area (Å²) in [6.45, 7) is 3.14. The van der Waals surface area contributed by atoms with Crippen LogP contribution in [0.15, 0.2) is 29.2 Å². The highest BCUT2D eigenvalue weighted by atomic mass is 32.2. The normalized spacial score (nSPS) is 14.6. The Kier molecular flexibility index (Phi) is 5.27. The number of aliphatic hydroxyl groups is 1. The van der Waals surface area contributed by atoms with Crippen molar-refractivity contribution in [3.8, 4) is 0 Å². The van der Waals surface area contributed by atoms with Crippen molar-refractivity contribution in [3.63, 3.8) is 0 Å². The summed E-state index contributed by atoms with van der Waals surface area (Å²) in [4.78, 5) is 11.4. The summed E-state index contributed by atoms with van der Waals surface area (Å²) < 4.78 is 31.3. The van der Waals surface area contributed by atoms with Crippen LogP contribution in [0, 0.1) is 0 Å². The molecular weight excluding hydrogens is 282 g/mol. The molecule has 0 aliphatic rings. The summed E-state index contributed by atoms with van der Waals surface area (Å²) in [5, 5.41) is 9.84. The highest BCUT2D eigenvalue weighted by molar-refractivity contribution is 7.89. The van der Waals surface area contributed by atoms with Crippen LogP contribution < -0.4 is 4.72 Å². The van der Waals surface area contributed by atoms with Crippen molar-refractivity contribution in [1.82, 2.24) is 4.72 Å². The van der Waals surface area contributed by atoms with Crippen molar-refractivity contribution in [2.45, 2.75) is 30.8 Å². The van der Waals surface area contributed by atoms with Crippen LogP contribution >= 0.6 is 0 Å². The quantitative estimate of drug-likeness (QED) is 0.762. The number of hydrogen-bond donors (Lipinski definition) is 2. The number of hydrogen-bond acceptors (Lipinski definition) is 5. The third-order valence-electron chi connectivity index (χ3n) is 2.99. The molecule has 1 aromatic rings. The van der Waals surface area contributed by atoms with Gasteiger partial charge in [0.1, 0.15) is 0 Å². The lowest BCUT2D eigenvalue weighted by Crippen LogP contribution is -2.40. The zero-order valence-electron chi connectivity index (χ0n) is 11.7. The van der Waals surface area contributed by atoms with Gasteiger partial charge in [-0.15, -0.1) is 0 Å². The van der Waals surface area contributed by atoms with E-state index in [4.69, 9.17) is 0 Å². The van der Waals surface area contributed by atoms with Crippen LogP contribution in [0.1, 0.15) is 30.6 Å². The standard InChI is InChI=1S/C13H19NO5S/c1-4-13(2,16)9-14-20(17,18)11-8-6-5-7-10(11)12(15)19-3/h5-8,14,16H,4,9H2,1-3H3. The minimum atomic E-state index is -3.90. The first-order valence-electron chi connectivity index (χ1n) is 6.13. The molecule has 6 nitrogen and oxygen atoms in total. The van der Waals surface area contributed by atoms with Crippen molar-refractivity contribution in [1.29, 1.82) is 0 Å². The number of methoxy groups -OCH3 is 1. The number of sulfonamides is 1. The minimum Gasteiger partial charge on any atom is -0.465 e. The second kappa shape index (κ2) is 6.34. The number of ether oxygens (including phenoxy) is 1. The van der Waals surface area contributed by atoms with Crippen LogP contribution in [0.2, 0.25) is 0 Å². The Labute approximate surface area is 118 Å². The Morgan fingerprint density at radius 3 is 2.55 bits per heavy atom. The van der Waals surface area contributed by atoms with Crippen molar-refractivity contribution >= 4 is 16.0 Å². The molecule has 7 heteroatoms. The molecule has 0 saturated carbocycles. The maximum atomic E-state index is 12.2. The molecule has 0 bridgehead atoms. The van der Waals surface area contributed by atoms with E-state index >= 15 is 0 Å². The summed E-state index contributed by atoms with van der Waals surface area (Å²) >= 11 is 0. The van der Waals surface area contributed by atoms with Gasteiger partial charge in [-0.25, -0.2) is 17.9 Å². The molecule has 0 aromatic heterocycles. The Morgan fingerprint density at radius 1 is 1.40 bits per heavy atom. The SMILES string of the molecule is CCC(C)(O)CNS(=O)(=O)c1ccccc1C(=O)OC. The van der Waals surface area contributed by atoms with Gasteiger partial charge in [-0.2, -0.15) is 0 Å². The predicted molar refractivity (Wildman–Crippen MR) is 73.9 cm³/mol. The molecule has 20 heavy (non-hydrogen) atoms. The first-order chi connectivity index (χ1) is 9.23. The van der Waals surface area contributed by atoms with Gasteiger partial charge in [0.15, 0.2) is 0 Å². The molecule has 112 valence electrons. The number of benzene rings is 1. The number of rotatable bonds is 6. The van der Waals surface area contributed by atoms with Gasteiger partial charge in [-0.3, -0.25) is 0 Å². The van der Waals surface area contributed by atoms with E-state index in [0.717, 1.165) is 0 Å². The molecule has 1 aromatic carbocycles. The Balaban J connectivity index is 3.08. The molecule has 0 heterocycles. The molecule has 1 atom stereocenters. The Hall–Kier alpha value is -1.44. The smallest absolute Gasteiger partial charge is 0.339 e. The van der Waals surface area contributed by atoms with Gasteiger partial charge in [-0.05, 0) is 25.5 Å². The van der Waals surface area contributed by atoms with Crippen molar-refractivity contribution < 1.29 is 23.1 Å². The molecule has 1 rings (SSSR count). The van der Waals surface area contributed by atoms with E-state index in [9.17, 15) is 18.3 Å². The maximum absolute atomic E-state index is 12.2. The molecule has 0 amide bonds. The molecular formula is C13H19NO5S. The third kappa shape index (κ3) is 4.03. The van der Waals surface area contributed by atoms with Crippen LogP contribution in [-0.2, 0) is 14.8 Å². The number of carbonyl (C=O) groups is 1. The first-order valence-corrected chi connectivity index (χ1v) is 7.61. The van der Waals surface area contributed by atoms with E-state index in [1.807, 2.05) is 0 Å². The topological polar surface area (TPSA) is 92.7 Å². The first kappa shape index (κ1) is 16.6. The largest absolute Gasteiger partial charge is 0.465 e. The van der Waals surface area contributed by atoms with E-state index < -0.39 is 21.6 Å². The van der Waals surface area contributed by atoms with Crippen LogP contribution in [-0.4, -0.2) is 38.7 Å². The fourth-order valence-corrected chi connectivity index (χ4v) is 2.79. The summed E-state index contributed by atoms with van der Waals surface area (Å²) in [5.41, 5.74) is -1.19. The van der Waals surface area contributed by atoms with E-state index in [-0.39, 0.29) is 17.0 Å². The highest BCUT2D eigenvalue weighted by Gasteiger charge is 2.26. The number of nitrogens with one attached hydrogen (secondary N) is 1. The minimum absolute atomic E-state index is 0.0429. The molecule has 0 saturated heterocycles. The zero-order valence-corrected chi connectivity index (χ0v) is 12.5. The third-order valence-corrected chi connectivity index (χ3v) is 4.45. The van der Waals surface area contributed by atoms with Crippen LogP contribution in [0.5, 0.6) is 0 Å². The lowest BCUT2D eigenvalue weighted by atomic mass is 10.1. The molecule has 0 aliphatic heterocycles. The lowest BCUT2D eigenvalue weighted by molar-refractivity contribution is 0.0596. The van der Waals surface area contributed by atoms with E-state index in [1.165, 1.54) is 32.2 Å². The van der Waals surface area contributed by atoms with Gasteiger partial charge in [0, 0.05) is 6.54 Å². The zero-order chi connectivity index (χ0) is 15.4. The monoisotopic (exact) mass is 301 g/mol. The van der Waals surface area contributed by atoms with Crippen LogP contribution in [0.4, 0.5) is 0 Å². The maximum Gasteiger partial charge on any atom is 0.339 e. The second-order valence-electron chi connectivity index (χ2n) is 4.66. The average molecular weight is 301 g/mol. The van der Waals surface area contributed by atoms with Gasteiger partial charge in [0.05, 0.1) is 23.2 Å². The Bertz CT molecular complexity index is 580. The van der Waals surface area contributed by atoms with E-state index in [0.29, 0.717) is 6.42 Å².